The molecule has 0 aliphatic rings. The first-order valence-corrected chi connectivity index (χ1v) is 8.74. The van der Waals surface area contributed by atoms with Gasteiger partial charge in [-0.2, -0.15) is 0 Å². The lowest BCUT2D eigenvalue weighted by molar-refractivity contribution is 0.101. The Morgan fingerprint density at radius 2 is 1.89 bits per heavy atom. The maximum absolute atomic E-state index is 11.8. The zero-order chi connectivity index (χ0) is 19.4. The molecule has 0 saturated heterocycles. The molecule has 2 aromatic carbocycles. The average Bonchev–Trinajstić information content (AvgIpc) is 3.35. The second-order valence-electron chi connectivity index (χ2n) is 6.76. The maximum Gasteiger partial charge on any atom is 0.323 e. The number of carbonyl (C=O) groups is 1. The normalized spacial score (nSPS) is 11.5. The number of ketones is 1. The topological polar surface area (TPSA) is 101 Å². The molecule has 0 aliphatic carbocycles. The van der Waals surface area contributed by atoms with E-state index >= 15 is 0 Å². The molecule has 0 atom stereocenters. The lowest BCUT2D eigenvalue weighted by Crippen LogP contribution is -1.99. The number of rotatable bonds is 3. The van der Waals surface area contributed by atoms with Crippen molar-refractivity contribution in [2.24, 2.45) is 7.05 Å². The molecule has 3 aromatic heterocycles. The van der Waals surface area contributed by atoms with Crippen molar-refractivity contribution in [1.29, 1.82) is 0 Å². The Kier molecular flexibility index (Phi) is 3.35. The molecule has 0 aliphatic heterocycles. The number of aryl methyl sites for hydroxylation is 1. The fourth-order valence-electron chi connectivity index (χ4n) is 3.42. The fourth-order valence-corrected chi connectivity index (χ4v) is 3.42. The van der Waals surface area contributed by atoms with Gasteiger partial charge in [-0.3, -0.25) is 9.36 Å². The van der Waals surface area contributed by atoms with Crippen molar-refractivity contribution in [2.75, 3.05) is 0 Å². The minimum absolute atomic E-state index is 0.0119. The van der Waals surface area contributed by atoms with E-state index in [9.17, 15) is 9.59 Å². The van der Waals surface area contributed by atoms with Crippen LogP contribution in [0, 0.1) is 0 Å². The molecule has 0 radical (unpaired) electrons. The van der Waals surface area contributed by atoms with Crippen LogP contribution in [0.1, 0.15) is 17.3 Å². The van der Waals surface area contributed by atoms with Crippen LogP contribution in [0.2, 0.25) is 0 Å². The first-order chi connectivity index (χ1) is 13.5. The Labute approximate surface area is 158 Å². The van der Waals surface area contributed by atoms with Crippen LogP contribution in [0.5, 0.6) is 0 Å². The molecule has 0 saturated carbocycles. The number of Topliss-reactive ketones (excluding diaryl/α,β-unsaturated/α-hetero) is 1. The van der Waals surface area contributed by atoms with Crippen molar-refractivity contribution in [1.82, 2.24) is 29.1 Å². The number of hydrogen-bond donors (Lipinski definition) is 2. The number of benzene rings is 2. The van der Waals surface area contributed by atoms with Gasteiger partial charge in [0, 0.05) is 24.5 Å². The Hall–Kier alpha value is -3.94. The van der Waals surface area contributed by atoms with Crippen molar-refractivity contribution in [3.63, 3.8) is 0 Å². The molecule has 138 valence electrons. The molecule has 28 heavy (non-hydrogen) atoms. The van der Waals surface area contributed by atoms with Crippen LogP contribution < -0.4 is 5.69 Å². The van der Waals surface area contributed by atoms with Crippen molar-refractivity contribution >= 4 is 27.9 Å². The highest BCUT2D eigenvalue weighted by atomic mass is 16.1. The Balaban J connectivity index is 1.83. The summed E-state index contributed by atoms with van der Waals surface area (Å²) in [6, 6.07) is 11.1. The van der Waals surface area contributed by atoms with E-state index < -0.39 is 0 Å². The lowest BCUT2D eigenvalue weighted by atomic mass is 10.1. The molecular formula is C20H16N6O2. The molecular weight excluding hydrogens is 356 g/mol. The molecule has 5 aromatic rings. The van der Waals surface area contributed by atoms with Gasteiger partial charge >= 0.3 is 5.69 Å². The summed E-state index contributed by atoms with van der Waals surface area (Å²) in [6.45, 7) is 1.54. The summed E-state index contributed by atoms with van der Waals surface area (Å²) in [5, 5.41) is 0. The molecule has 0 unspecified atom stereocenters. The number of nitrogens with zero attached hydrogens (tertiary/aromatic N) is 4. The summed E-state index contributed by atoms with van der Waals surface area (Å²) in [5.74, 6) is 0.649. The van der Waals surface area contributed by atoms with Crippen LogP contribution in [-0.2, 0) is 7.05 Å². The van der Waals surface area contributed by atoms with Gasteiger partial charge in [0.1, 0.15) is 5.69 Å². The number of fused-ring (bicyclic) bond motifs is 2. The van der Waals surface area contributed by atoms with Crippen LogP contribution >= 0.6 is 0 Å². The van der Waals surface area contributed by atoms with Crippen LogP contribution in [0.3, 0.4) is 0 Å². The molecule has 0 spiro atoms. The van der Waals surface area contributed by atoms with E-state index in [1.54, 1.807) is 18.5 Å². The Morgan fingerprint density at radius 1 is 1.07 bits per heavy atom. The quantitative estimate of drug-likeness (QED) is 0.476. The monoisotopic (exact) mass is 372 g/mol. The largest absolute Gasteiger partial charge is 0.340 e. The molecule has 0 amide bonds. The third-order valence-corrected chi connectivity index (χ3v) is 4.75. The molecule has 8 nitrogen and oxygen atoms in total. The Bertz CT molecular complexity index is 1430. The van der Waals surface area contributed by atoms with E-state index in [2.05, 4.69) is 15.0 Å². The zero-order valence-corrected chi connectivity index (χ0v) is 15.2. The maximum atomic E-state index is 11.8. The summed E-state index contributed by atoms with van der Waals surface area (Å²) in [6.07, 6.45) is 3.60. The standard InChI is InChI=1S/C20H16N6O2/c1-11(27)12-3-6-18-16(7-12)22-19(17-9-25(2)10-21-17)26(18)13-4-5-14-15(8-13)24-20(28)23-14/h3-10H,1-2H3,(H2,23,24,28). The van der Waals surface area contributed by atoms with Crippen LogP contribution in [0.15, 0.2) is 53.7 Å². The highest BCUT2D eigenvalue weighted by Gasteiger charge is 2.17. The zero-order valence-electron chi connectivity index (χ0n) is 15.2. The molecule has 3 heterocycles. The van der Waals surface area contributed by atoms with Crippen LogP contribution in [-0.4, -0.2) is 34.9 Å². The first kappa shape index (κ1) is 16.2. The second-order valence-corrected chi connectivity index (χ2v) is 6.76. The van der Waals surface area contributed by atoms with Gasteiger partial charge in [-0.25, -0.2) is 14.8 Å². The smallest absolute Gasteiger partial charge is 0.323 e. The van der Waals surface area contributed by atoms with Crippen molar-refractivity contribution in [3.8, 4) is 17.2 Å². The number of aromatic amines is 2. The van der Waals surface area contributed by atoms with E-state index in [0.717, 1.165) is 16.7 Å². The molecule has 0 fully saturated rings. The minimum atomic E-state index is -0.251. The van der Waals surface area contributed by atoms with Crippen molar-refractivity contribution in [3.05, 3.63) is 65.0 Å². The summed E-state index contributed by atoms with van der Waals surface area (Å²) < 4.78 is 3.83. The Morgan fingerprint density at radius 3 is 2.64 bits per heavy atom. The number of carbonyl (C=O) groups excluding carboxylic acids is 1. The van der Waals surface area contributed by atoms with E-state index in [-0.39, 0.29) is 11.5 Å². The summed E-state index contributed by atoms with van der Waals surface area (Å²) >= 11 is 0. The highest BCUT2D eigenvalue weighted by molar-refractivity contribution is 5.98. The van der Waals surface area contributed by atoms with Crippen molar-refractivity contribution in [2.45, 2.75) is 6.92 Å². The number of imidazole rings is 3. The summed E-state index contributed by atoms with van der Waals surface area (Å²) in [4.78, 5) is 38.1. The predicted octanol–water partition coefficient (Wildman–Crippen LogP) is 2.80. The van der Waals surface area contributed by atoms with Crippen LogP contribution in [0.25, 0.3) is 39.3 Å². The first-order valence-electron chi connectivity index (χ1n) is 8.74. The SMILES string of the molecule is CC(=O)c1ccc2c(c1)nc(-c1cn(C)cn1)n2-c1ccc2[nH]c(=O)[nH]c2c1. The molecule has 2 N–H and O–H groups in total. The van der Waals surface area contributed by atoms with Crippen molar-refractivity contribution < 1.29 is 4.79 Å². The fraction of sp³-hybridized carbons (Fsp3) is 0.100. The van der Waals surface area contributed by atoms with Gasteiger partial charge in [0.05, 0.1) is 28.4 Å². The van der Waals surface area contributed by atoms with E-state index in [1.165, 1.54) is 6.92 Å². The molecule has 5 rings (SSSR count). The van der Waals surface area contributed by atoms with E-state index in [1.807, 2.05) is 46.6 Å². The van der Waals surface area contributed by atoms with Gasteiger partial charge in [-0.15, -0.1) is 0 Å². The lowest BCUT2D eigenvalue weighted by Gasteiger charge is -2.08. The van der Waals surface area contributed by atoms with Crippen LogP contribution in [0.4, 0.5) is 0 Å². The van der Waals surface area contributed by atoms with E-state index in [0.29, 0.717) is 28.1 Å². The summed E-state index contributed by atoms with van der Waals surface area (Å²) in [7, 11) is 1.90. The summed E-state index contributed by atoms with van der Waals surface area (Å²) in [5.41, 5.74) is 4.90. The van der Waals surface area contributed by atoms with Gasteiger partial charge in [-0.05, 0) is 43.3 Å². The van der Waals surface area contributed by atoms with Gasteiger partial charge in [0.25, 0.3) is 0 Å². The number of hydrogen-bond acceptors (Lipinski definition) is 4. The number of aromatic nitrogens is 6. The van der Waals surface area contributed by atoms with Gasteiger partial charge in [0.2, 0.25) is 0 Å². The van der Waals surface area contributed by atoms with E-state index in [4.69, 9.17) is 4.98 Å². The van der Waals surface area contributed by atoms with Gasteiger partial charge in [0.15, 0.2) is 11.6 Å². The highest BCUT2D eigenvalue weighted by Crippen LogP contribution is 2.29. The number of H-pyrrole nitrogens is 2. The second kappa shape index (κ2) is 5.78. The molecule has 0 bridgehead atoms. The molecule has 8 heteroatoms. The predicted molar refractivity (Wildman–Crippen MR) is 106 cm³/mol. The third-order valence-electron chi connectivity index (χ3n) is 4.75. The average molecular weight is 372 g/mol. The number of nitrogens with one attached hydrogen (secondary N) is 2. The minimum Gasteiger partial charge on any atom is -0.340 e. The van der Waals surface area contributed by atoms with Gasteiger partial charge < -0.3 is 14.5 Å². The van der Waals surface area contributed by atoms with Gasteiger partial charge in [-0.1, -0.05) is 0 Å². The third kappa shape index (κ3) is 2.46.